The zero-order valence-corrected chi connectivity index (χ0v) is 24.4. The minimum Gasteiger partial charge on any atom is -0.481 e. The van der Waals surface area contributed by atoms with Crippen molar-refractivity contribution in [3.63, 3.8) is 0 Å². The number of rotatable bonds is 11. The predicted molar refractivity (Wildman–Crippen MR) is 156 cm³/mol. The largest absolute Gasteiger partial charge is 0.481 e. The second-order valence-corrected chi connectivity index (χ2v) is 11.5. The van der Waals surface area contributed by atoms with Crippen molar-refractivity contribution < 1.29 is 32.5 Å². The lowest BCUT2D eigenvalue weighted by molar-refractivity contribution is 0.0657. The number of carbonyl (C=O) groups excluding carboxylic acids is 1. The van der Waals surface area contributed by atoms with Gasteiger partial charge in [-0.2, -0.15) is 0 Å². The van der Waals surface area contributed by atoms with E-state index < -0.39 is 18.1 Å². The summed E-state index contributed by atoms with van der Waals surface area (Å²) in [7, 11) is 0. The number of nitrogens with one attached hydrogen (secondary N) is 2. The topological polar surface area (TPSA) is 162 Å². The van der Waals surface area contributed by atoms with Crippen LogP contribution in [0.1, 0.15) is 85.4 Å². The molecule has 1 amide bonds. The van der Waals surface area contributed by atoms with E-state index >= 15 is 0 Å². The van der Waals surface area contributed by atoms with E-state index in [1.807, 2.05) is 25.1 Å². The van der Waals surface area contributed by atoms with Gasteiger partial charge in [0.15, 0.2) is 18.1 Å². The Bertz CT molecular complexity index is 1760. The molecule has 232 valence electrons. The van der Waals surface area contributed by atoms with Crippen LogP contribution in [-0.2, 0) is 0 Å². The van der Waals surface area contributed by atoms with Gasteiger partial charge in [-0.05, 0) is 63.3 Å². The summed E-state index contributed by atoms with van der Waals surface area (Å²) in [6.07, 6.45) is 2.49. The third kappa shape index (κ3) is 6.08. The Balaban J connectivity index is 0.896. The number of aromatic nitrogens is 4. The van der Waals surface area contributed by atoms with Crippen LogP contribution in [0, 0.1) is 5.82 Å². The fourth-order valence-electron chi connectivity index (χ4n) is 5.35. The van der Waals surface area contributed by atoms with E-state index in [9.17, 15) is 14.3 Å². The van der Waals surface area contributed by atoms with Crippen molar-refractivity contribution in [1.29, 1.82) is 0 Å². The average Bonchev–Trinajstić information content (AvgIpc) is 3.78. The van der Waals surface area contributed by atoms with E-state index in [1.54, 1.807) is 42.5 Å². The maximum Gasteiger partial charge on any atom is 0.290 e. The van der Waals surface area contributed by atoms with E-state index in [1.165, 1.54) is 0 Å². The monoisotopic (exact) mass is 614 g/mol. The van der Waals surface area contributed by atoms with Crippen LogP contribution in [0.5, 0.6) is 5.75 Å². The molecule has 5 aromatic rings. The molecular formula is C32H31FN6O6. The van der Waals surface area contributed by atoms with Gasteiger partial charge in [-0.25, -0.2) is 4.39 Å². The molecule has 12 nitrogen and oxygen atoms in total. The molecule has 0 spiro atoms. The van der Waals surface area contributed by atoms with Gasteiger partial charge in [0.2, 0.25) is 17.4 Å². The summed E-state index contributed by atoms with van der Waals surface area (Å²) in [5.74, 6) is 0.372. The second-order valence-electron chi connectivity index (χ2n) is 11.5. The van der Waals surface area contributed by atoms with Crippen LogP contribution in [0.2, 0.25) is 0 Å². The molecular weight excluding hydrogens is 583 g/mol. The zero-order chi connectivity index (χ0) is 30.9. The lowest BCUT2D eigenvalue weighted by Gasteiger charge is -2.34. The van der Waals surface area contributed by atoms with Crippen LogP contribution in [0.15, 0.2) is 74.1 Å². The third-order valence-electron chi connectivity index (χ3n) is 8.28. The first-order valence-electron chi connectivity index (χ1n) is 14.9. The molecule has 7 rings (SSSR count). The SMILES string of the molecule is C[C@@H](Oc1ccc(-c2cc(C(=O)NC3CCC3)on2)cc1)c1nnc([C@H]2C[C@H](NC(O)c3onc(-c4ccccc4)c3F)C2)o1. The smallest absolute Gasteiger partial charge is 0.290 e. The number of aliphatic hydroxyl groups excluding tert-OH is 1. The van der Waals surface area contributed by atoms with Crippen LogP contribution in [0.4, 0.5) is 4.39 Å². The summed E-state index contributed by atoms with van der Waals surface area (Å²) in [5, 5.41) is 32.6. The highest BCUT2D eigenvalue weighted by Crippen LogP contribution is 2.38. The van der Waals surface area contributed by atoms with Gasteiger partial charge < -0.3 is 28.6 Å². The molecule has 3 N–H and O–H groups in total. The standard InChI is InChI=1S/C32H31FN6O6/c1-17(42-23-12-10-18(11-13-23)24-16-25(44-38-24)29(40)34-21-8-5-9-21)31-36-37-32(43-31)20-14-22(15-20)35-30(41)28-26(33)27(39-45-28)19-6-3-2-4-7-19/h2-4,6-7,10-13,16-17,20-22,30,35,41H,5,8-9,14-15H2,1H3,(H,34,40)/t17-,20-,22-,30?/m1/s1. The number of hydrogen-bond donors (Lipinski definition) is 3. The van der Waals surface area contributed by atoms with E-state index in [4.69, 9.17) is 18.2 Å². The van der Waals surface area contributed by atoms with E-state index in [0.29, 0.717) is 41.6 Å². The van der Waals surface area contributed by atoms with Crippen LogP contribution in [-0.4, -0.2) is 43.6 Å². The van der Waals surface area contributed by atoms with Crippen molar-refractivity contribution in [2.24, 2.45) is 0 Å². The van der Waals surface area contributed by atoms with Crippen molar-refractivity contribution in [2.75, 3.05) is 0 Å². The van der Waals surface area contributed by atoms with Crippen molar-refractivity contribution >= 4 is 5.91 Å². The highest BCUT2D eigenvalue weighted by Gasteiger charge is 2.37. The van der Waals surface area contributed by atoms with E-state index in [2.05, 4.69) is 31.1 Å². The first kappa shape index (κ1) is 28.9. The Morgan fingerprint density at radius 1 is 1.00 bits per heavy atom. The molecule has 2 saturated carbocycles. The molecule has 1 unspecified atom stereocenters. The number of amides is 1. The third-order valence-corrected chi connectivity index (χ3v) is 8.28. The summed E-state index contributed by atoms with van der Waals surface area (Å²) in [6, 6.07) is 17.8. The van der Waals surface area contributed by atoms with Crippen LogP contribution >= 0.6 is 0 Å². The highest BCUT2D eigenvalue weighted by atomic mass is 19.1. The number of aliphatic hydroxyl groups is 1. The van der Waals surface area contributed by atoms with Crippen molar-refractivity contribution in [3.05, 3.63) is 89.8 Å². The zero-order valence-electron chi connectivity index (χ0n) is 24.4. The number of nitrogens with zero attached hydrogens (tertiary/aromatic N) is 4. The average molecular weight is 615 g/mol. The van der Waals surface area contributed by atoms with Crippen LogP contribution in [0.3, 0.4) is 0 Å². The molecule has 0 aliphatic heterocycles. The minimum absolute atomic E-state index is 0.00922. The van der Waals surface area contributed by atoms with Gasteiger partial charge in [0.05, 0.1) is 0 Å². The molecule has 0 bridgehead atoms. The molecule has 3 heterocycles. The molecule has 2 aromatic carbocycles. The maximum atomic E-state index is 14.9. The number of benzene rings is 2. The summed E-state index contributed by atoms with van der Waals surface area (Å²) in [6.45, 7) is 1.81. The lowest BCUT2D eigenvalue weighted by Crippen LogP contribution is -2.42. The molecule has 0 radical (unpaired) electrons. The number of ether oxygens (including phenoxy) is 1. The van der Waals surface area contributed by atoms with Crippen LogP contribution < -0.4 is 15.4 Å². The fourth-order valence-corrected chi connectivity index (χ4v) is 5.35. The molecule has 2 fully saturated rings. The molecule has 2 aliphatic rings. The quantitative estimate of drug-likeness (QED) is 0.162. The van der Waals surface area contributed by atoms with Gasteiger partial charge in [-0.15, -0.1) is 10.2 Å². The minimum atomic E-state index is -1.35. The van der Waals surface area contributed by atoms with Gasteiger partial charge >= 0.3 is 0 Å². The van der Waals surface area contributed by atoms with Crippen molar-refractivity contribution in [1.82, 2.24) is 31.1 Å². The summed E-state index contributed by atoms with van der Waals surface area (Å²) in [4.78, 5) is 12.3. The van der Waals surface area contributed by atoms with E-state index in [-0.39, 0.29) is 41.1 Å². The summed E-state index contributed by atoms with van der Waals surface area (Å²) >= 11 is 0. The fraction of sp³-hybridized carbons (Fsp3) is 0.344. The van der Waals surface area contributed by atoms with Crippen molar-refractivity contribution in [2.45, 2.75) is 69.4 Å². The Hall–Kier alpha value is -4.88. The van der Waals surface area contributed by atoms with Gasteiger partial charge in [0.1, 0.15) is 17.1 Å². The number of hydrogen-bond acceptors (Lipinski definition) is 11. The highest BCUT2D eigenvalue weighted by molar-refractivity contribution is 5.92. The Kier molecular flexibility index (Phi) is 7.86. The van der Waals surface area contributed by atoms with Crippen molar-refractivity contribution in [3.8, 4) is 28.3 Å². The second kappa shape index (κ2) is 12.3. The number of carbonyl (C=O) groups is 1. The number of halogens is 1. The molecule has 2 aliphatic carbocycles. The van der Waals surface area contributed by atoms with Gasteiger partial charge in [-0.3, -0.25) is 10.1 Å². The normalized spacial score (nSPS) is 19.4. The first-order valence-corrected chi connectivity index (χ1v) is 14.9. The lowest BCUT2D eigenvalue weighted by atomic mass is 9.80. The maximum absolute atomic E-state index is 14.9. The Morgan fingerprint density at radius 2 is 1.78 bits per heavy atom. The molecule has 3 aromatic heterocycles. The van der Waals surface area contributed by atoms with Gasteiger partial charge in [-0.1, -0.05) is 40.6 Å². The molecule has 2 atom stereocenters. The van der Waals surface area contributed by atoms with E-state index in [0.717, 1.165) is 24.8 Å². The Labute approximate surface area is 256 Å². The first-order chi connectivity index (χ1) is 21.9. The van der Waals surface area contributed by atoms with Crippen LogP contribution in [0.25, 0.3) is 22.5 Å². The van der Waals surface area contributed by atoms with Gasteiger partial charge in [0.25, 0.3) is 11.8 Å². The molecule has 45 heavy (non-hydrogen) atoms. The summed E-state index contributed by atoms with van der Waals surface area (Å²) < 4.78 is 37.1. The molecule has 0 saturated heterocycles. The van der Waals surface area contributed by atoms with Gasteiger partial charge in [0, 0.05) is 35.2 Å². The molecule has 13 heteroatoms. The predicted octanol–water partition coefficient (Wildman–Crippen LogP) is 5.47. The summed E-state index contributed by atoms with van der Waals surface area (Å²) in [5.41, 5.74) is 1.95. The Morgan fingerprint density at radius 3 is 2.51 bits per heavy atom.